The van der Waals surface area contributed by atoms with Crippen LogP contribution in [0.5, 0.6) is 5.75 Å². The molecule has 2 aliphatic rings. The number of hydrogen-bond acceptors (Lipinski definition) is 4. The summed E-state index contributed by atoms with van der Waals surface area (Å²) in [4.78, 5) is 40.5. The molecule has 1 aromatic rings. The van der Waals surface area contributed by atoms with Crippen molar-refractivity contribution in [2.75, 3.05) is 12.4 Å². The number of carbonyl (C=O) groups excluding carboxylic acids is 3. The summed E-state index contributed by atoms with van der Waals surface area (Å²) in [5, 5.41) is 6.28. The second-order valence-electron chi connectivity index (χ2n) is 8.48. The summed E-state index contributed by atoms with van der Waals surface area (Å²) in [5.74, 6) is -0.0404. The van der Waals surface area contributed by atoms with Crippen LogP contribution in [0, 0.1) is 5.92 Å². The third-order valence-corrected chi connectivity index (χ3v) is 5.97. The van der Waals surface area contributed by atoms with E-state index in [1.54, 1.807) is 23.1 Å². The first-order valence-corrected chi connectivity index (χ1v) is 10.9. The number of hydrogen-bond donors (Lipinski definition) is 2. The molecule has 3 rings (SSSR count). The lowest BCUT2D eigenvalue weighted by molar-refractivity contribution is -0.152. The number of nitrogens with zero attached hydrogens (tertiary/aromatic N) is 1. The topological polar surface area (TPSA) is 87.7 Å². The fourth-order valence-corrected chi connectivity index (χ4v) is 4.58. The van der Waals surface area contributed by atoms with Crippen molar-refractivity contribution >= 4 is 35.0 Å². The lowest BCUT2D eigenvalue weighted by Gasteiger charge is -2.48. The number of fused-ring (bicyclic) bond motifs is 1. The van der Waals surface area contributed by atoms with Gasteiger partial charge in [-0.05, 0) is 37.0 Å². The van der Waals surface area contributed by atoms with Gasteiger partial charge in [0.1, 0.15) is 11.8 Å². The monoisotopic (exact) mass is 435 g/mol. The molecule has 1 saturated heterocycles. The van der Waals surface area contributed by atoms with Crippen molar-refractivity contribution in [2.45, 2.75) is 70.5 Å². The summed E-state index contributed by atoms with van der Waals surface area (Å²) in [6, 6.07) is 4.02. The van der Waals surface area contributed by atoms with E-state index >= 15 is 0 Å². The van der Waals surface area contributed by atoms with Crippen molar-refractivity contribution in [3.63, 3.8) is 0 Å². The van der Waals surface area contributed by atoms with Crippen LogP contribution in [0.15, 0.2) is 18.2 Å². The van der Waals surface area contributed by atoms with Gasteiger partial charge in [0.15, 0.2) is 0 Å². The zero-order chi connectivity index (χ0) is 21.8. The molecule has 1 heterocycles. The number of anilines is 1. The maximum atomic E-state index is 13.1. The van der Waals surface area contributed by atoms with Gasteiger partial charge in [-0.25, -0.2) is 0 Å². The van der Waals surface area contributed by atoms with E-state index in [4.69, 9.17) is 16.3 Å². The Morgan fingerprint density at radius 1 is 1.30 bits per heavy atom. The summed E-state index contributed by atoms with van der Waals surface area (Å²) in [5.41, 5.74) is 0.432. The number of amides is 3. The predicted molar refractivity (Wildman–Crippen MR) is 116 cm³/mol. The SMILES string of the molecule is COc1ccc(Cl)cc1NC(=O)C[C@@H]1C(=O)N[C@H]2CCCC[C@H]2N1C(=O)CC(C)C. The molecule has 2 N–H and O–H groups in total. The van der Waals surface area contributed by atoms with Crippen LogP contribution in [-0.2, 0) is 14.4 Å². The van der Waals surface area contributed by atoms with Crippen LogP contribution in [-0.4, -0.2) is 47.9 Å². The van der Waals surface area contributed by atoms with Crippen molar-refractivity contribution in [2.24, 2.45) is 5.92 Å². The highest BCUT2D eigenvalue weighted by Crippen LogP contribution is 2.32. The highest BCUT2D eigenvalue weighted by atomic mass is 35.5. The molecule has 0 aromatic heterocycles. The van der Waals surface area contributed by atoms with Gasteiger partial charge >= 0.3 is 0 Å². The maximum absolute atomic E-state index is 13.1. The normalized spacial score (nSPS) is 23.6. The van der Waals surface area contributed by atoms with Crippen LogP contribution in [0.2, 0.25) is 5.02 Å². The van der Waals surface area contributed by atoms with Gasteiger partial charge in [0, 0.05) is 17.5 Å². The van der Waals surface area contributed by atoms with Gasteiger partial charge in [0.2, 0.25) is 17.7 Å². The first-order chi connectivity index (χ1) is 14.3. The molecule has 8 heteroatoms. The van der Waals surface area contributed by atoms with E-state index in [1.165, 1.54) is 7.11 Å². The van der Waals surface area contributed by atoms with Crippen molar-refractivity contribution in [3.8, 4) is 5.75 Å². The number of benzene rings is 1. The molecule has 1 aliphatic carbocycles. The lowest BCUT2D eigenvalue weighted by Crippen LogP contribution is -2.68. The molecule has 1 aromatic carbocycles. The van der Waals surface area contributed by atoms with Crippen LogP contribution in [0.4, 0.5) is 5.69 Å². The van der Waals surface area contributed by atoms with E-state index < -0.39 is 6.04 Å². The third kappa shape index (κ3) is 5.06. The molecule has 3 amide bonds. The lowest BCUT2D eigenvalue weighted by atomic mass is 9.84. The average molecular weight is 436 g/mol. The quantitative estimate of drug-likeness (QED) is 0.717. The standard InChI is InChI=1S/C22H30ClN3O4/c1-13(2)10-21(28)26-17-7-5-4-6-15(17)25-22(29)18(26)12-20(27)24-16-11-14(23)8-9-19(16)30-3/h8-9,11,13,15,17-18H,4-7,10,12H2,1-3H3,(H,24,27)(H,25,29)/t15-,17+,18+/m0/s1. The van der Waals surface area contributed by atoms with Crippen molar-refractivity contribution < 1.29 is 19.1 Å². The molecule has 1 aliphatic heterocycles. The Morgan fingerprint density at radius 3 is 2.73 bits per heavy atom. The Hall–Kier alpha value is -2.28. The minimum atomic E-state index is -0.819. The van der Waals surface area contributed by atoms with E-state index in [9.17, 15) is 14.4 Å². The number of piperazine rings is 1. The molecule has 0 radical (unpaired) electrons. The number of carbonyl (C=O) groups is 3. The van der Waals surface area contributed by atoms with E-state index in [0.717, 1.165) is 25.7 Å². The molecule has 30 heavy (non-hydrogen) atoms. The van der Waals surface area contributed by atoms with Crippen LogP contribution < -0.4 is 15.4 Å². The van der Waals surface area contributed by atoms with Gasteiger partial charge in [-0.2, -0.15) is 0 Å². The van der Waals surface area contributed by atoms with Crippen molar-refractivity contribution in [1.29, 1.82) is 0 Å². The molecule has 1 saturated carbocycles. The number of ether oxygens (including phenoxy) is 1. The van der Waals surface area contributed by atoms with Gasteiger partial charge in [-0.1, -0.05) is 38.3 Å². The molecule has 0 spiro atoms. The van der Waals surface area contributed by atoms with Crippen LogP contribution in [0.3, 0.4) is 0 Å². The largest absolute Gasteiger partial charge is 0.495 e. The Bertz CT molecular complexity index is 814. The van der Waals surface area contributed by atoms with Crippen molar-refractivity contribution in [3.05, 3.63) is 23.2 Å². The number of halogens is 1. The zero-order valence-electron chi connectivity index (χ0n) is 17.7. The first kappa shape index (κ1) is 22.4. The van der Waals surface area contributed by atoms with Crippen molar-refractivity contribution in [1.82, 2.24) is 10.2 Å². The molecule has 0 unspecified atom stereocenters. The first-order valence-electron chi connectivity index (χ1n) is 10.5. The fourth-order valence-electron chi connectivity index (χ4n) is 4.41. The van der Waals surface area contributed by atoms with E-state index in [1.807, 2.05) is 13.8 Å². The Kier molecular flexibility index (Phi) is 7.23. The molecule has 2 fully saturated rings. The Morgan fingerprint density at radius 2 is 2.03 bits per heavy atom. The summed E-state index contributed by atoms with van der Waals surface area (Å²) in [7, 11) is 1.50. The second kappa shape index (κ2) is 9.69. The smallest absolute Gasteiger partial charge is 0.243 e. The summed E-state index contributed by atoms with van der Waals surface area (Å²) in [6.45, 7) is 3.96. The second-order valence-corrected chi connectivity index (χ2v) is 8.92. The maximum Gasteiger partial charge on any atom is 0.243 e. The van der Waals surface area contributed by atoms with Crippen LogP contribution in [0.25, 0.3) is 0 Å². The molecule has 0 bridgehead atoms. The minimum absolute atomic E-state index is 0.0327. The van der Waals surface area contributed by atoms with Gasteiger partial charge in [0.25, 0.3) is 0 Å². The van der Waals surface area contributed by atoms with Gasteiger partial charge in [0.05, 0.1) is 25.3 Å². The molecular formula is C22H30ClN3O4. The van der Waals surface area contributed by atoms with Crippen LogP contribution >= 0.6 is 11.6 Å². The van der Waals surface area contributed by atoms with Crippen LogP contribution in [0.1, 0.15) is 52.4 Å². The highest BCUT2D eigenvalue weighted by Gasteiger charge is 2.45. The summed E-state index contributed by atoms with van der Waals surface area (Å²) in [6.07, 6.45) is 4.00. The minimum Gasteiger partial charge on any atom is -0.495 e. The summed E-state index contributed by atoms with van der Waals surface area (Å²) < 4.78 is 5.27. The fraction of sp³-hybridized carbons (Fsp3) is 0.591. The van der Waals surface area contributed by atoms with E-state index in [0.29, 0.717) is 22.9 Å². The molecule has 7 nitrogen and oxygen atoms in total. The Labute approximate surface area is 182 Å². The van der Waals surface area contributed by atoms with Gasteiger partial charge < -0.3 is 20.3 Å². The Balaban J connectivity index is 1.80. The molecule has 3 atom stereocenters. The highest BCUT2D eigenvalue weighted by molar-refractivity contribution is 6.31. The van der Waals surface area contributed by atoms with Gasteiger partial charge in [-0.3, -0.25) is 14.4 Å². The summed E-state index contributed by atoms with van der Waals surface area (Å²) >= 11 is 6.04. The average Bonchev–Trinajstić information content (AvgIpc) is 2.68. The molecular weight excluding hydrogens is 406 g/mol. The third-order valence-electron chi connectivity index (χ3n) is 5.74. The zero-order valence-corrected chi connectivity index (χ0v) is 18.5. The number of rotatable bonds is 6. The number of nitrogens with one attached hydrogen (secondary N) is 2. The molecule has 164 valence electrons. The van der Waals surface area contributed by atoms with E-state index in [-0.39, 0.29) is 42.1 Å². The van der Waals surface area contributed by atoms with Gasteiger partial charge in [-0.15, -0.1) is 0 Å². The van der Waals surface area contributed by atoms with E-state index in [2.05, 4.69) is 10.6 Å². The number of methoxy groups -OCH3 is 1. The predicted octanol–water partition coefficient (Wildman–Crippen LogP) is 3.36.